The minimum Gasteiger partial charge on any atom is -0.351 e. The summed E-state index contributed by atoms with van der Waals surface area (Å²) in [6.07, 6.45) is 7.70. The first kappa shape index (κ1) is 10.3. The van der Waals surface area contributed by atoms with Gasteiger partial charge in [-0.05, 0) is 25.7 Å². The highest BCUT2D eigenvalue weighted by molar-refractivity contribution is 5.88. The molecule has 13 heavy (non-hydrogen) atoms. The molecule has 0 heterocycles. The molecule has 1 rings (SSSR count). The van der Waals surface area contributed by atoms with E-state index in [1.807, 2.05) is 0 Å². The van der Waals surface area contributed by atoms with Gasteiger partial charge >= 0.3 is 0 Å². The van der Waals surface area contributed by atoms with Gasteiger partial charge in [-0.15, -0.1) is 0 Å². The second-order valence-corrected chi connectivity index (χ2v) is 3.44. The zero-order chi connectivity index (χ0) is 9.52. The lowest BCUT2D eigenvalue weighted by molar-refractivity contribution is -0.116. The summed E-state index contributed by atoms with van der Waals surface area (Å²) < 4.78 is 0. The molecule has 3 heteroatoms. The van der Waals surface area contributed by atoms with Crippen LogP contribution in [0.4, 0.5) is 0 Å². The molecule has 0 aromatic rings. The summed E-state index contributed by atoms with van der Waals surface area (Å²) in [4.78, 5) is 11.2. The quantitative estimate of drug-likeness (QED) is 0.638. The topological polar surface area (TPSA) is 55.1 Å². The van der Waals surface area contributed by atoms with E-state index in [2.05, 4.69) is 5.32 Å². The van der Waals surface area contributed by atoms with Crippen LogP contribution in [-0.4, -0.2) is 19.0 Å². The van der Waals surface area contributed by atoms with Crippen LogP contribution in [0.15, 0.2) is 11.6 Å². The predicted molar refractivity (Wildman–Crippen MR) is 53.2 cm³/mol. The third kappa shape index (κ3) is 4.08. The summed E-state index contributed by atoms with van der Waals surface area (Å²) in [5, 5.41) is 2.74. The van der Waals surface area contributed by atoms with Crippen molar-refractivity contribution < 1.29 is 4.79 Å². The Bertz CT molecular complexity index is 191. The maximum atomic E-state index is 11.2. The molecule has 0 aromatic heterocycles. The van der Waals surface area contributed by atoms with E-state index in [0.717, 1.165) is 12.8 Å². The number of hydrogen-bond donors (Lipinski definition) is 2. The van der Waals surface area contributed by atoms with Gasteiger partial charge in [0.2, 0.25) is 5.91 Å². The van der Waals surface area contributed by atoms with E-state index in [9.17, 15) is 4.79 Å². The van der Waals surface area contributed by atoms with Crippen LogP contribution in [0.1, 0.15) is 32.1 Å². The molecule has 0 spiro atoms. The van der Waals surface area contributed by atoms with Gasteiger partial charge in [-0.1, -0.05) is 12.0 Å². The third-order valence-corrected chi connectivity index (χ3v) is 2.27. The minimum atomic E-state index is 0.0161. The summed E-state index contributed by atoms with van der Waals surface area (Å²) in [6, 6.07) is 0. The van der Waals surface area contributed by atoms with Crippen LogP contribution in [0, 0.1) is 0 Å². The van der Waals surface area contributed by atoms with Crippen LogP contribution < -0.4 is 11.1 Å². The molecule has 0 bridgehead atoms. The maximum Gasteiger partial charge on any atom is 0.243 e. The monoisotopic (exact) mass is 182 g/mol. The minimum absolute atomic E-state index is 0.0161. The van der Waals surface area contributed by atoms with Crippen LogP contribution in [0.5, 0.6) is 0 Å². The van der Waals surface area contributed by atoms with Gasteiger partial charge in [0.25, 0.3) is 0 Å². The summed E-state index contributed by atoms with van der Waals surface area (Å²) in [5.41, 5.74) is 6.57. The van der Waals surface area contributed by atoms with Crippen molar-refractivity contribution in [2.75, 3.05) is 13.1 Å². The number of amides is 1. The molecule has 1 aliphatic rings. The van der Waals surface area contributed by atoms with Gasteiger partial charge < -0.3 is 11.1 Å². The summed E-state index contributed by atoms with van der Waals surface area (Å²) in [7, 11) is 0. The fourth-order valence-electron chi connectivity index (χ4n) is 1.58. The van der Waals surface area contributed by atoms with Crippen LogP contribution in [0.2, 0.25) is 0 Å². The Kier molecular flexibility index (Phi) is 4.54. The van der Waals surface area contributed by atoms with Gasteiger partial charge in [0.15, 0.2) is 0 Å². The zero-order valence-electron chi connectivity index (χ0n) is 8.01. The number of carbonyl (C=O) groups is 1. The van der Waals surface area contributed by atoms with Crippen molar-refractivity contribution in [3.63, 3.8) is 0 Å². The molecule has 0 saturated heterocycles. The molecule has 0 aromatic carbocycles. The number of allylic oxidation sites excluding steroid dienone is 1. The Morgan fingerprint density at radius 2 is 2.08 bits per heavy atom. The Labute approximate surface area is 79.4 Å². The average molecular weight is 182 g/mol. The van der Waals surface area contributed by atoms with Crippen LogP contribution in [0.3, 0.4) is 0 Å². The first-order chi connectivity index (χ1) is 6.33. The molecule has 74 valence electrons. The smallest absolute Gasteiger partial charge is 0.243 e. The van der Waals surface area contributed by atoms with E-state index in [0.29, 0.717) is 13.1 Å². The van der Waals surface area contributed by atoms with E-state index >= 15 is 0 Å². The highest BCUT2D eigenvalue weighted by Crippen LogP contribution is 2.22. The number of carbonyl (C=O) groups excluding carboxylic acids is 1. The van der Waals surface area contributed by atoms with Crippen LogP contribution in [0.25, 0.3) is 0 Å². The highest BCUT2D eigenvalue weighted by atomic mass is 16.1. The molecule has 3 nitrogen and oxygen atoms in total. The normalized spacial score (nSPS) is 16.8. The predicted octanol–water partition coefficient (Wildman–Crippen LogP) is 0.952. The Hall–Kier alpha value is -0.830. The fourth-order valence-corrected chi connectivity index (χ4v) is 1.58. The van der Waals surface area contributed by atoms with E-state index < -0.39 is 0 Å². The summed E-state index contributed by atoms with van der Waals surface area (Å²) in [6.45, 7) is 1.08. The first-order valence-corrected chi connectivity index (χ1v) is 5.00. The van der Waals surface area contributed by atoms with Crippen LogP contribution >= 0.6 is 0 Å². The number of nitrogens with one attached hydrogen (secondary N) is 1. The van der Waals surface area contributed by atoms with Crippen molar-refractivity contribution in [3.05, 3.63) is 11.6 Å². The SMILES string of the molecule is NCCNC(=O)C=C1CCCCC1. The molecule has 0 unspecified atom stereocenters. The maximum absolute atomic E-state index is 11.2. The average Bonchev–Trinajstić information content (AvgIpc) is 2.16. The molecule has 1 saturated carbocycles. The molecule has 0 atom stereocenters. The molecule has 1 aliphatic carbocycles. The van der Waals surface area contributed by atoms with Crippen molar-refractivity contribution >= 4 is 5.91 Å². The van der Waals surface area contributed by atoms with E-state index in [1.165, 1.54) is 24.8 Å². The lowest BCUT2D eigenvalue weighted by atomic mass is 9.95. The Morgan fingerprint density at radius 3 is 2.69 bits per heavy atom. The van der Waals surface area contributed by atoms with Crippen molar-refractivity contribution in [3.8, 4) is 0 Å². The molecule has 0 aliphatic heterocycles. The molecule has 1 fully saturated rings. The molecule has 0 radical (unpaired) electrons. The third-order valence-electron chi connectivity index (χ3n) is 2.27. The lowest BCUT2D eigenvalue weighted by Gasteiger charge is -2.12. The van der Waals surface area contributed by atoms with Gasteiger partial charge in [0, 0.05) is 19.2 Å². The molecular formula is C10H18N2O. The number of nitrogens with two attached hydrogens (primary N) is 1. The first-order valence-electron chi connectivity index (χ1n) is 5.00. The largest absolute Gasteiger partial charge is 0.351 e. The standard InChI is InChI=1S/C10H18N2O/c11-6-7-12-10(13)8-9-4-2-1-3-5-9/h8H,1-7,11H2,(H,12,13). The van der Waals surface area contributed by atoms with E-state index in [1.54, 1.807) is 6.08 Å². The van der Waals surface area contributed by atoms with Crippen molar-refractivity contribution in [1.82, 2.24) is 5.32 Å². The van der Waals surface area contributed by atoms with Crippen molar-refractivity contribution in [2.24, 2.45) is 5.73 Å². The Morgan fingerprint density at radius 1 is 1.38 bits per heavy atom. The second-order valence-electron chi connectivity index (χ2n) is 3.44. The number of hydrogen-bond acceptors (Lipinski definition) is 2. The summed E-state index contributed by atoms with van der Waals surface area (Å²) in [5.74, 6) is 0.0161. The van der Waals surface area contributed by atoms with Gasteiger partial charge in [-0.3, -0.25) is 4.79 Å². The van der Waals surface area contributed by atoms with E-state index in [4.69, 9.17) is 5.73 Å². The summed E-state index contributed by atoms with van der Waals surface area (Å²) >= 11 is 0. The molecule has 3 N–H and O–H groups in total. The van der Waals surface area contributed by atoms with E-state index in [-0.39, 0.29) is 5.91 Å². The van der Waals surface area contributed by atoms with Gasteiger partial charge in [-0.2, -0.15) is 0 Å². The fraction of sp³-hybridized carbons (Fsp3) is 0.700. The van der Waals surface area contributed by atoms with Crippen molar-refractivity contribution in [1.29, 1.82) is 0 Å². The second kappa shape index (κ2) is 5.75. The lowest BCUT2D eigenvalue weighted by Crippen LogP contribution is -2.27. The Balaban J connectivity index is 2.30. The van der Waals surface area contributed by atoms with Gasteiger partial charge in [0.05, 0.1) is 0 Å². The van der Waals surface area contributed by atoms with Crippen LogP contribution in [-0.2, 0) is 4.79 Å². The molecular weight excluding hydrogens is 164 g/mol. The van der Waals surface area contributed by atoms with Crippen molar-refractivity contribution in [2.45, 2.75) is 32.1 Å². The van der Waals surface area contributed by atoms with Gasteiger partial charge in [0.1, 0.15) is 0 Å². The zero-order valence-corrected chi connectivity index (χ0v) is 8.01. The number of rotatable bonds is 3. The molecule has 1 amide bonds. The van der Waals surface area contributed by atoms with Gasteiger partial charge in [-0.25, -0.2) is 0 Å². The highest BCUT2D eigenvalue weighted by Gasteiger charge is 2.06.